The molecule has 0 fully saturated rings. The number of nitrogens with zero attached hydrogens (tertiary/aromatic N) is 4. The van der Waals surface area contributed by atoms with Crippen LogP contribution in [0.4, 0.5) is 0 Å². The predicted octanol–water partition coefficient (Wildman–Crippen LogP) is 1.28. The molecule has 6 nitrogen and oxygen atoms in total. The van der Waals surface area contributed by atoms with Crippen LogP contribution in [0, 0.1) is 0 Å². The number of hydrogen-bond donors (Lipinski definition) is 1. The smallest absolute Gasteiger partial charge is 0.234 e. The molecule has 1 aromatic heterocycles. The lowest BCUT2D eigenvalue weighted by Crippen LogP contribution is -2.36. The first-order chi connectivity index (χ1) is 10.7. The zero-order valence-corrected chi connectivity index (χ0v) is 13.2. The van der Waals surface area contributed by atoms with Crippen LogP contribution in [0.1, 0.15) is 25.1 Å². The highest BCUT2D eigenvalue weighted by Gasteiger charge is 2.08. The van der Waals surface area contributed by atoms with Crippen LogP contribution >= 0.6 is 0 Å². The fourth-order valence-electron chi connectivity index (χ4n) is 2.16. The third kappa shape index (κ3) is 4.96. The molecule has 0 bridgehead atoms. The van der Waals surface area contributed by atoms with E-state index in [4.69, 9.17) is 0 Å². The van der Waals surface area contributed by atoms with Crippen LogP contribution in [0.15, 0.2) is 36.5 Å². The van der Waals surface area contributed by atoms with Crippen molar-refractivity contribution in [3.05, 3.63) is 47.8 Å². The maximum atomic E-state index is 11.8. The summed E-state index contributed by atoms with van der Waals surface area (Å²) >= 11 is 0. The van der Waals surface area contributed by atoms with E-state index in [0.717, 1.165) is 18.8 Å². The molecule has 0 saturated heterocycles. The van der Waals surface area contributed by atoms with E-state index in [1.165, 1.54) is 5.56 Å². The number of carbonyl (C=O) groups excluding carboxylic acids is 1. The Labute approximate surface area is 131 Å². The molecule has 22 heavy (non-hydrogen) atoms. The Hall–Kier alpha value is -2.21. The number of amides is 1. The zero-order valence-electron chi connectivity index (χ0n) is 13.2. The van der Waals surface area contributed by atoms with Crippen molar-refractivity contribution >= 4 is 5.91 Å². The molecular formula is C16H23N5O. The number of benzene rings is 1. The maximum Gasteiger partial charge on any atom is 0.234 e. The second kappa shape index (κ2) is 8.29. The number of nitrogens with one attached hydrogen (secondary N) is 1. The average molecular weight is 301 g/mol. The van der Waals surface area contributed by atoms with Crippen molar-refractivity contribution in [1.29, 1.82) is 0 Å². The van der Waals surface area contributed by atoms with Crippen LogP contribution < -0.4 is 5.32 Å². The molecule has 2 rings (SSSR count). The van der Waals surface area contributed by atoms with E-state index in [1.807, 2.05) is 50.4 Å². The van der Waals surface area contributed by atoms with Gasteiger partial charge in [-0.05, 0) is 18.7 Å². The Morgan fingerprint density at radius 3 is 2.64 bits per heavy atom. The second-order valence-electron chi connectivity index (χ2n) is 5.13. The largest absolute Gasteiger partial charge is 0.349 e. The highest BCUT2D eigenvalue weighted by atomic mass is 16.2. The lowest BCUT2D eigenvalue weighted by Gasteiger charge is -2.16. The molecule has 0 saturated carbocycles. The third-order valence-corrected chi connectivity index (χ3v) is 3.50. The standard InChI is InChI=1S/C16H23N5O/c1-3-20(4-2)13-16(22)17-10-15-12-21(19-18-15)11-14-8-6-5-7-9-14/h5-9,12H,3-4,10-11,13H2,1-2H3,(H,17,22). The van der Waals surface area contributed by atoms with E-state index >= 15 is 0 Å². The summed E-state index contributed by atoms with van der Waals surface area (Å²) in [5.41, 5.74) is 1.94. The minimum Gasteiger partial charge on any atom is -0.349 e. The lowest BCUT2D eigenvalue weighted by molar-refractivity contribution is -0.122. The van der Waals surface area contributed by atoms with Crippen molar-refractivity contribution in [3.63, 3.8) is 0 Å². The molecule has 1 N–H and O–H groups in total. The summed E-state index contributed by atoms with van der Waals surface area (Å²) in [6, 6.07) is 10.1. The number of carbonyl (C=O) groups is 1. The zero-order chi connectivity index (χ0) is 15.8. The van der Waals surface area contributed by atoms with Gasteiger partial charge in [-0.25, -0.2) is 4.68 Å². The normalized spacial score (nSPS) is 10.9. The Morgan fingerprint density at radius 2 is 1.95 bits per heavy atom. The van der Waals surface area contributed by atoms with Crippen LogP contribution in [0.2, 0.25) is 0 Å². The Balaban J connectivity index is 1.81. The van der Waals surface area contributed by atoms with Crippen LogP contribution in [0.3, 0.4) is 0 Å². The first-order valence-corrected chi connectivity index (χ1v) is 7.63. The van der Waals surface area contributed by atoms with Gasteiger partial charge in [0.15, 0.2) is 0 Å². The van der Waals surface area contributed by atoms with Crippen molar-refractivity contribution < 1.29 is 4.79 Å². The van der Waals surface area contributed by atoms with Crippen LogP contribution in [-0.2, 0) is 17.9 Å². The Kier molecular flexibility index (Phi) is 6.09. The summed E-state index contributed by atoms with van der Waals surface area (Å²) in [7, 11) is 0. The van der Waals surface area contributed by atoms with Gasteiger partial charge in [0.1, 0.15) is 5.69 Å². The quantitative estimate of drug-likeness (QED) is 0.798. The van der Waals surface area contributed by atoms with Crippen LogP contribution in [-0.4, -0.2) is 45.4 Å². The Morgan fingerprint density at radius 1 is 1.23 bits per heavy atom. The van der Waals surface area contributed by atoms with E-state index in [9.17, 15) is 4.79 Å². The minimum atomic E-state index is 0.0151. The van der Waals surface area contributed by atoms with Gasteiger partial charge in [-0.1, -0.05) is 49.4 Å². The van der Waals surface area contributed by atoms with Gasteiger partial charge in [-0.2, -0.15) is 0 Å². The summed E-state index contributed by atoms with van der Waals surface area (Å²) in [6.07, 6.45) is 1.87. The molecule has 1 aromatic carbocycles. The van der Waals surface area contributed by atoms with E-state index < -0.39 is 0 Å². The second-order valence-corrected chi connectivity index (χ2v) is 5.13. The molecular weight excluding hydrogens is 278 g/mol. The molecule has 1 amide bonds. The molecule has 0 spiro atoms. The molecule has 0 aliphatic rings. The summed E-state index contributed by atoms with van der Waals surface area (Å²) in [5, 5.41) is 11.1. The fraction of sp³-hybridized carbons (Fsp3) is 0.438. The van der Waals surface area contributed by atoms with Crippen molar-refractivity contribution in [2.24, 2.45) is 0 Å². The van der Waals surface area contributed by atoms with E-state index in [0.29, 0.717) is 19.6 Å². The summed E-state index contributed by atoms with van der Waals surface area (Å²) in [5.74, 6) is 0.0151. The molecule has 0 atom stereocenters. The summed E-state index contributed by atoms with van der Waals surface area (Å²) in [4.78, 5) is 13.9. The SMILES string of the molecule is CCN(CC)CC(=O)NCc1cn(Cc2ccccc2)nn1. The number of hydrogen-bond acceptors (Lipinski definition) is 4. The van der Waals surface area contributed by atoms with Crippen molar-refractivity contribution in [2.75, 3.05) is 19.6 Å². The van der Waals surface area contributed by atoms with E-state index in [1.54, 1.807) is 4.68 Å². The molecule has 0 radical (unpaired) electrons. The van der Waals surface area contributed by atoms with E-state index in [2.05, 4.69) is 20.5 Å². The molecule has 0 unspecified atom stereocenters. The van der Waals surface area contributed by atoms with Gasteiger partial charge < -0.3 is 5.32 Å². The third-order valence-electron chi connectivity index (χ3n) is 3.50. The lowest BCUT2D eigenvalue weighted by atomic mass is 10.2. The fourth-order valence-corrected chi connectivity index (χ4v) is 2.16. The van der Waals surface area contributed by atoms with Gasteiger partial charge in [0.2, 0.25) is 5.91 Å². The topological polar surface area (TPSA) is 63.1 Å². The van der Waals surface area contributed by atoms with Crippen molar-refractivity contribution in [1.82, 2.24) is 25.2 Å². The number of aromatic nitrogens is 3. The van der Waals surface area contributed by atoms with E-state index in [-0.39, 0.29) is 5.91 Å². The first kappa shape index (κ1) is 16.2. The number of likely N-dealkylation sites (N-methyl/N-ethyl adjacent to an activating group) is 1. The molecule has 0 aliphatic carbocycles. The highest BCUT2D eigenvalue weighted by Crippen LogP contribution is 2.02. The molecule has 118 valence electrons. The maximum absolute atomic E-state index is 11.8. The highest BCUT2D eigenvalue weighted by molar-refractivity contribution is 5.77. The Bertz CT molecular complexity index is 577. The monoisotopic (exact) mass is 301 g/mol. The van der Waals surface area contributed by atoms with Gasteiger partial charge in [0.25, 0.3) is 0 Å². The van der Waals surface area contributed by atoms with Crippen molar-refractivity contribution in [3.8, 4) is 0 Å². The van der Waals surface area contributed by atoms with Gasteiger partial charge in [0, 0.05) is 0 Å². The van der Waals surface area contributed by atoms with Crippen LogP contribution in [0.25, 0.3) is 0 Å². The first-order valence-electron chi connectivity index (χ1n) is 7.63. The van der Waals surface area contributed by atoms with Crippen LogP contribution in [0.5, 0.6) is 0 Å². The van der Waals surface area contributed by atoms with Gasteiger partial charge in [-0.3, -0.25) is 9.69 Å². The predicted molar refractivity (Wildman–Crippen MR) is 85.2 cm³/mol. The molecule has 1 heterocycles. The molecule has 2 aromatic rings. The molecule has 0 aliphatic heterocycles. The average Bonchev–Trinajstić information content (AvgIpc) is 2.99. The minimum absolute atomic E-state index is 0.0151. The summed E-state index contributed by atoms with van der Waals surface area (Å²) in [6.45, 7) is 7.35. The molecule has 6 heteroatoms. The number of rotatable bonds is 8. The van der Waals surface area contributed by atoms with Gasteiger partial charge in [0.05, 0.1) is 25.8 Å². The van der Waals surface area contributed by atoms with Gasteiger partial charge in [-0.15, -0.1) is 5.10 Å². The van der Waals surface area contributed by atoms with Gasteiger partial charge >= 0.3 is 0 Å². The summed E-state index contributed by atoms with van der Waals surface area (Å²) < 4.78 is 1.78. The van der Waals surface area contributed by atoms with Crippen molar-refractivity contribution in [2.45, 2.75) is 26.9 Å².